The highest BCUT2D eigenvalue weighted by atomic mass is 19.4. The minimum absolute atomic E-state index is 0.227. The van der Waals surface area contributed by atoms with Gasteiger partial charge in [-0.25, -0.2) is 0 Å². The molecule has 142 valence electrons. The average molecular weight is 371 g/mol. The Morgan fingerprint density at radius 3 is 2.38 bits per heavy atom. The maximum absolute atomic E-state index is 12.9. The quantitative estimate of drug-likeness (QED) is 0.470. The summed E-state index contributed by atoms with van der Waals surface area (Å²) in [5, 5.41) is 8.44. The van der Waals surface area contributed by atoms with E-state index in [0.717, 1.165) is 31.2 Å². The summed E-state index contributed by atoms with van der Waals surface area (Å²) in [6.07, 6.45) is 0.852. The molecule has 1 fully saturated rings. The predicted octanol–water partition coefficient (Wildman–Crippen LogP) is 5.79. The van der Waals surface area contributed by atoms with Gasteiger partial charge < -0.3 is 9.47 Å². The number of alkyl halides is 3. The van der Waals surface area contributed by atoms with Gasteiger partial charge in [0.05, 0.1) is 5.60 Å². The van der Waals surface area contributed by atoms with E-state index in [-0.39, 0.29) is 17.3 Å². The number of nitriles is 1. The van der Waals surface area contributed by atoms with Crippen LogP contribution in [0.1, 0.15) is 50.0 Å². The lowest BCUT2D eigenvalue weighted by atomic mass is 9.74. The van der Waals surface area contributed by atoms with Crippen molar-refractivity contribution in [2.24, 2.45) is 0 Å². The van der Waals surface area contributed by atoms with Crippen molar-refractivity contribution in [3.05, 3.63) is 41.7 Å². The standard InChI is InChI=1S/C19H21F4NO2/c1-25-18(10-2-3-16(20)13-24)11-8-15(9-12-18)14-4-6-17(7-5-14)26-19(21,22)23/h3-7,15H,2,8-12H2,1H3. The highest BCUT2D eigenvalue weighted by Crippen LogP contribution is 2.42. The molecule has 0 saturated heterocycles. The van der Waals surface area contributed by atoms with Gasteiger partial charge in [0.1, 0.15) is 11.8 Å². The Labute approximate surface area is 150 Å². The number of hydrogen-bond acceptors (Lipinski definition) is 3. The minimum Gasteiger partial charge on any atom is -0.406 e. The van der Waals surface area contributed by atoms with Crippen LogP contribution in [0.15, 0.2) is 36.2 Å². The lowest BCUT2D eigenvalue weighted by Crippen LogP contribution is -2.35. The van der Waals surface area contributed by atoms with Crippen LogP contribution >= 0.6 is 0 Å². The molecule has 0 amide bonds. The van der Waals surface area contributed by atoms with Crippen LogP contribution in [-0.2, 0) is 4.74 Å². The summed E-state index contributed by atoms with van der Waals surface area (Å²) in [5.41, 5.74) is 0.627. The summed E-state index contributed by atoms with van der Waals surface area (Å²) >= 11 is 0. The van der Waals surface area contributed by atoms with Crippen molar-refractivity contribution in [3.8, 4) is 11.8 Å². The second-order valence-corrected chi connectivity index (χ2v) is 6.48. The molecule has 1 aliphatic carbocycles. The van der Waals surface area contributed by atoms with Gasteiger partial charge in [-0.3, -0.25) is 0 Å². The topological polar surface area (TPSA) is 42.2 Å². The van der Waals surface area contributed by atoms with Crippen LogP contribution in [0.25, 0.3) is 0 Å². The third-order valence-corrected chi connectivity index (χ3v) is 4.95. The first-order valence-electron chi connectivity index (χ1n) is 8.43. The fourth-order valence-corrected chi connectivity index (χ4v) is 3.48. The number of nitrogens with zero attached hydrogens (tertiary/aromatic N) is 1. The number of ether oxygens (including phenoxy) is 2. The van der Waals surface area contributed by atoms with Crippen molar-refractivity contribution in [2.45, 2.75) is 56.4 Å². The number of benzene rings is 1. The summed E-state index contributed by atoms with van der Waals surface area (Å²) in [6.45, 7) is 0. The fourth-order valence-electron chi connectivity index (χ4n) is 3.48. The van der Waals surface area contributed by atoms with Crippen LogP contribution in [0.5, 0.6) is 5.75 Å². The molecule has 0 spiro atoms. The van der Waals surface area contributed by atoms with Crippen LogP contribution in [-0.4, -0.2) is 19.1 Å². The van der Waals surface area contributed by atoms with Gasteiger partial charge in [0, 0.05) is 7.11 Å². The molecule has 1 saturated carbocycles. The smallest absolute Gasteiger partial charge is 0.406 e. The fraction of sp³-hybridized carbons (Fsp3) is 0.526. The van der Waals surface area contributed by atoms with E-state index < -0.39 is 12.2 Å². The summed E-state index contributed by atoms with van der Waals surface area (Å²) < 4.78 is 59.1. The van der Waals surface area contributed by atoms with Gasteiger partial charge >= 0.3 is 6.36 Å². The predicted molar refractivity (Wildman–Crippen MR) is 88.1 cm³/mol. The van der Waals surface area contributed by atoms with E-state index >= 15 is 0 Å². The monoisotopic (exact) mass is 371 g/mol. The normalized spacial score (nSPS) is 24.2. The van der Waals surface area contributed by atoms with Crippen molar-refractivity contribution >= 4 is 0 Å². The molecule has 0 N–H and O–H groups in total. The van der Waals surface area contributed by atoms with Crippen molar-refractivity contribution in [3.63, 3.8) is 0 Å². The van der Waals surface area contributed by atoms with Gasteiger partial charge in [-0.1, -0.05) is 12.1 Å². The Morgan fingerprint density at radius 2 is 1.88 bits per heavy atom. The van der Waals surface area contributed by atoms with Gasteiger partial charge in [-0.15, -0.1) is 13.2 Å². The Kier molecular flexibility index (Phi) is 6.65. The first kappa shape index (κ1) is 20.2. The molecule has 1 aliphatic rings. The summed E-state index contributed by atoms with van der Waals surface area (Å²) in [4.78, 5) is 0. The lowest BCUT2D eigenvalue weighted by Gasteiger charge is -2.39. The number of allylic oxidation sites excluding steroid dienone is 2. The van der Waals surface area contributed by atoms with E-state index in [2.05, 4.69) is 4.74 Å². The number of methoxy groups -OCH3 is 1. The Balaban J connectivity index is 1.93. The van der Waals surface area contributed by atoms with E-state index in [0.29, 0.717) is 12.8 Å². The van der Waals surface area contributed by atoms with Gasteiger partial charge in [-0.05, 0) is 68.2 Å². The lowest BCUT2D eigenvalue weighted by molar-refractivity contribution is -0.274. The zero-order valence-electron chi connectivity index (χ0n) is 14.5. The molecule has 0 unspecified atom stereocenters. The zero-order valence-corrected chi connectivity index (χ0v) is 14.5. The van der Waals surface area contributed by atoms with Gasteiger partial charge in [0.15, 0.2) is 5.83 Å². The van der Waals surface area contributed by atoms with Crippen LogP contribution in [0, 0.1) is 11.3 Å². The summed E-state index contributed by atoms with van der Waals surface area (Å²) in [7, 11) is 1.63. The Hall–Kier alpha value is -2.07. The van der Waals surface area contributed by atoms with Gasteiger partial charge in [-0.2, -0.15) is 9.65 Å². The molecule has 3 nitrogen and oxygen atoms in total. The van der Waals surface area contributed by atoms with Crippen LogP contribution in [0.2, 0.25) is 0 Å². The van der Waals surface area contributed by atoms with Gasteiger partial charge in [0.25, 0.3) is 0 Å². The molecule has 2 rings (SSSR count). The molecule has 0 aliphatic heterocycles. The molecule has 0 atom stereocenters. The second-order valence-electron chi connectivity index (χ2n) is 6.48. The molecule has 0 heterocycles. The van der Waals surface area contributed by atoms with E-state index in [1.54, 1.807) is 19.2 Å². The molecular formula is C19H21F4NO2. The van der Waals surface area contributed by atoms with Gasteiger partial charge in [0.2, 0.25) is 0 Å². The number of halogens is 4. The van der Waals surface area contributed by atoms with Crippen molar-refractivity contribution in [2.75, 3.05) is 7.11 Å². The molecule has 0 aromatic heterocycles. The maximum atomic E-state index is 12.9. The SMILES string of the molecule is COC1(CCC=C(F)C#N)CCC(c2ccc(OC(F)(F)F)cc2)CC1. The first-order chi connectivity index (χ1) is 12.3. The van der Waals surface area contributed by atoms with Crippen LogP contribution in [0.3, 0.4) is 0 Å². The molecule has 0 bridgehead atoms. The molecular weight excluding hydrogens is 350 g/mol. The average Bonchev–Trinajstić information content (AvgIpc) is 2.61. The van der Waals surface area contributed by atoms with Crippen LogP contribution in [0.4, 0.5) is 17.6 Å². The summed E-state index contributed by atoms with van der Waals surface area (Å²) in [6, 6.07) is 7.44. The molecule has 26 heavy (non-hydrogen) atoms. The number of rotatable bonds is 6. The maximum Gasteiger partial charge on any atom is 0.573 e. The Bertz CT molecular complexity index is 654. The molecule has 1 aromatic rings. The third-order valence-electron chi connectivity index (χ3n) is 4.95. The van der Waals surface area contributed by atoms with E-state index in [1.807, 2.05) is 0 Å². The second kappa shape index (κ2) is 8.54. The van der Waals surface area contributed by atoms with Crippen molar-refractivity contribution in [1.29, 1.82) is 5.26 Å². The minimum atomic E-state index is -4.69. The zero-order chi connectivity index (χ0) is 19.2. The van der Waals surface area contributed by atoms with E-state index in [4.69, 9.17) is 10.00 Å². The van der Waals surface area contributed by atoms with E-state index in [9.17, 15) is 17.6 Å². The highest BCUT2D eigenvalue weighted by molar-refractivity contribution is 5.30. The molecule has 1 aromatic carbocycles. The molecule has 0 radical (unpaired) electrons. The number of hydrogen-bond donors (Lipinski definition) is 0. The highest BCUT2D eigenvalue weighted by Gasteiger charge is 2.35. The third kappa shape index (κ3) is 5.73. The van der Waals surface area contributed by atoms with Crippen LogP contribution < -0.4 is 4.74 Å². The van der Waals surface area contributed by atoms with Crippen molar-refractivity contribution in [1.82, 2.24) is 0 Å². The first-order valence-corrected chi connectivity index (χ1v) is 8.43. The summed E-state index contributed by atoms with van der Waals surface area (Å²) in [5.74, 6) is -0.773. The molecule has 7 heteroatoms. The Morgan fingerprint density at radius 1 is 1.27 bits per heavy atom. The van der Waals surface area contributed by atoms with Crippen molar-refractivity contribution < 1.29 is 27.0 Å². The largest absolute Gasteiger partial charge is 0.573 e. The van der Waals surface area contributed by atoms with E-state index in [1.165, 1.54) is 24.3 Å².